The maximum Gasteiger partial charge on any atom is 0.253 e. The zero-order valence-electron chi connectivity index (χ0n) is 12.7. The molecule has 1 amide bonds. The van der Waals surface area contributed by atoms with E-state index >= 15 is 0 Å². The Morgan fingerprint density at radius 2 is 2.00 bits per heavy atom. The molecule has 0 saturated carbocycles. The van der Waals surface area contributed by atoms with Crippen LogP contribution in [0.5, 0.6) is 5.75 Å². The van der Waals surface area contributed by atoms with Gasteiger partial charge in [0.15, 0.2) is 0 Å². The zero-order valence-corrected chi connectivity index (χ0v) is 13.5. The first-order valence-corrected chi connectivity index (χ1v) is 7.73. The minimum absolute atomic E-state index is 0.0986. The quantitative estimate of drug-likeness (QED) is 0.748. The summed E-state index contributed by atoms with van der Waals surface area (Å²) in [4.78, 5) is 15.5. The first kappa shape index (κ1) is 15.4. The van der Waals surface area contributed by atoms with Crippen molar-refractivity contribution in [1.82, 2.24) is 10.3 Å². The molecule has 3 aromatic rings. The summed E-state index contributed by atoms with van der Waals surface area (Å²) in [6.07, 6.45) is 2.48. The second kappa shape index (κ2) is 6.75. The summed E-state index contributed by atoms with van der Waals surface area (Å²) >= 11 is 5.86. The fraction of sp³-hybridized carbons (Fsp3) is 0.167. The van der Waals surface area contributed by atoms with E-state index in [1.807, 2.05) is 42.5 Å². The number of methoxy groups -OCH3 is 1. The number of aromatic nitrogens is 1. The van der Waals surface area contributed by atoms with Crippen LogP contribution in [0.1, 0.15) is 15.9 Å². The van der Waals surface area contributed by atoms with Crippen molar-refractivity contribution in [3.63, 3.8) is 0 Å². The molecule has 0 aliphatic rings. The third-order valence-electron chi connectivity index (χ3n) is 3.75. The summed E-state index contributed by atoms with van der Waals surface area (Å²) in [6.45, 7) is 0.567. The Balaban J connectivity index is 1.67. The number of fused-ring (bicyclic) bond motifs is 1. The highest BCUT2D eigenvalue weighted by Gasteiger charge is 2.12. The molecule has 0 aliphatic heterocycles. The second-order valence-corrected chi connectivity index (χ2v) is 5.68. The second-order valence-electron chi connectivity index (χ2n) is 5.25. The number of hydrogen-bond donors (Lipinski definition) is 2. The van der Waals surface area contributed by atoms with Crippen LogP contribution in [-0.4, -0.2) is 24.5 Å². The Labute approximate surface area is 139 Å². The first-order valence-electron chi connectivity index (χ1n) is 7.35. The standard InChI is InChI=1S/C18H17ClN2O2/c1-23-14-6-7-17-15(10-14)16(11-21-17)18(22)20-9-8-12-2-4-13(19)5-3-12/h2-7,10-11,21H,8-9H2,1H3,(H,20,22). The molecule has 0 radical (unpaired) electrons. The molecular weight excluding hydrogens is 312 g/mol. The van der Waals surface area contributed by atoms with Crippen LogP contribution < -0.4 is 10.1 Å². The average Bonchev–Trinajstić information content (AvgIpc) is 2.99. The van der Waals surface area contributed by atoms with Crippen LogP contribution in [0.25, 0.3) is 10.9 Å². The van der Waals surface area contributed by atoms with Gasteiger partial charge in [0.05, 0.1) is 12.7 Å². The van der Waals surface area contributed by atoms with Crippen molar-refractivity contribution in [1.29, 1.82) is 0 Å². The van der Waals surface area contributed by atoms with Crippen LogP contribution in [0.3, 0.4) is 0 Å². The summed E-state index contributed by atoms with van der Waals surface area (Å²) in [5.41, 5.74) is 2.67. The number of benzene rings is 2. The molecule has 4 nitrogen and oxygen atoms in total. The molecule has 0 aliphatic carbocycles. The summed E-state index contributed by atoms with van der Waals surface area (Å²) in [6, 6.07) is 13.3. The molecule has 2 N–H and O–H groups in total. The van der Waals surface area contributed by atoms with Crippen molar-refractivity contribution in [2.45, 2.75) is 6.42 Å². The van der Waals surface area contributed by atoms with Gasteiger partial charge in [-0.2, -0.15) is 0 Å². The molecule has 1 aromatic heterocycles. The lowest BCUT2D eigenvalue weighted by Crippen LogP contribution is -2.25. The largest absolute Gasteiger partial charge is 0.497 e. The van der Waals surface area contributed by atoms with Gasteiger partial charge in [-0.1, -0.05) is 23.7 Å². The van der Waals surface area contributed by atoms with E-state index in [-0.39, 0.29) is 5.91 Å². The fourth-order valence-electron chi connectivity index (χ4n) is 2.48. The Kier molecular flexibility index (Phi) is 4.53. The third kappa shape index (κ3) is 3.48. The van der Waals surface area contributed by atoms with Gasteiger partial charge in [0.25, 0.3) is 5.91 Å². The van der Waals surface area contributed by atoms with Crippen molar-refractivity contribution in [2.24, 2.45) is 0 Å². The van der Waals surface area contributed by atoms with Crippen LogP contribution in [0.2, 0.25) is 5.02 Å². The average molecular weight is 329 g/mol. The Morgan fingerprint density at radius 3 is 2.74 bits per heavy atom. The Bertz CT molecular complexity index is 825. The maximum absolute atomic E-state index is 12.4. The third-order valence-corrected chi connectivity index (χ3v) is 4.00. The number of H-pyrrole nitrogens is 1. The van der Waals surface area contributed by atoms with Crippen molar-refractivity contribution < 1.29 is 9.53 Å². The van der Waals surface area contributed by atoms with E-state index in [9.17, 15) is 4.79 Å². The van der Waals surface area contributed by atoms with Gasteiger partial charge in [-0.25, -0.2) is 0 Å². The predicted octanol–water partition coefficient (Wildman–Crippen LogP) is 3.80. The van der Waals surface area contributed by atoms with E-state index in [1.165, 1.54) is 0 Å². The summed E-state index contributed by atoms with van der Waals surface area (Å²) in [5.74, 6) is 0.630. The predicted molar refractivity (Wildman–Crippen MR) is 92.3 cm³/mol. The molecule has 23 heavy (non-hydrogen) atoms. The topological polar surface area (TPSA) is 54.1 Å². The van der Waals surface area contributed by atoms with Gasteiger partial charge in [-0.15, -0.1) is 0 Å². The maximum atomic E-state index is 12.4. The first-order chi connectivity index (χ1) is 11.2. The Morgan fingerprint density at radius 1 is 1.22 bits per heavy atom. The van der Waals surface area contributed by atoms with Crippen LogP contribution in [0.15, 0.2) is 48.7 Å². The summed E-state index contributed by atoms with van der Waals surface area (Å²) < 4.78 is 5.22. The highest BCUT2D eigenvalue weighted by molar-refractivity contribution is 6.30. The van der Waals surface area contributed by atoms with Crippen LogP contribution in [0, 0.1) is 0 Å². The number of halogens is 1. The molecule has 1 heterocycles. The summed E-state index contributed by atoms with van der Waals surface area (Å²) in [5, 5.41) is 4.51. The minimum atomic E-state index is -0.0986. The number of carbonyl (C=O) groups is 1. The molecule has 5 heteroatoms. The van der Waals surface area contributed by atoms with Crippen molar-refractivity contribution in [3.05, 3.63) is 64.8 Å². The van der Waals surface area contributed by atoms with Crippen LogP contribution in [0.4, 0.5) is 0 Å². The number of amides is 1. The number of rotatable bonds is 5. The smallest absolute Gasteiger partial charge is 0.253 e. The lowest BCUT2D eigenvalue weighted by molar-refractivity contribution is 0.0956. The molecule has 0 atom stereocenters. The van der Waals surface area contributed by atoms with Gasteiger partial charge in [-0.05, 0) is 42.3 Å². The van der Waals surface area contributed by atoms with E-state index in [4.69, 9.17) is 16.3 Å². The normalized spacial score (nSPS) is 10.7. The molecule has 0 fully saturated rings. The molecule has 0 bridgehead atoms. The van der Waals surface area contributed by atoms with Gasteiger partial charge in [0.1, 0.15) is 5.75 Å². The van der Waals surface area contributed by atoms with Crippen molar-refractivity contribution >= 4 is 28.4 Å². The van der Waals surface area contributed by atoms with Crippen LogP contribution >= 0.6 is 11.6 Å². The Hall–Kier alpha value is -2.46. The van der Waals surface area contributed by atoms with Gasteiger partial charge in [0, 0.05) is 28.7 Å². The molecule has 118 valence electrons. The lowest BCUT2D eigenvalue weighted by Gasteiger charge is -2.05. The molecule has 0 unspecified atom stereocenters. The number of nitrogens with one attached hydrogen (secondary N) is 2. The molecule has 3 rings (SSSR count). The zero-order chi connectivity index (χ0) is 16.2. The molecule has 0 saturated heterocycles. The highest BCUT2D eigenvalue weighted by Crippen LogP contribution is 2.23. The van der Waals surface area contributed by atoms with E-state index in [0.29, 0.717) is 17.1 Å². The van der Waals surface area contributed by atoms with Crippen molar-refractivity contribution in [2.75, 3.05) is 13.7 Å². The lowest BCUT2D eigenvalue weighted by atomic mass is 10.1. The fourth-order valence-corrected chi connectivity index (χ4v) is 2.61. The minimum Gasteiger partial charge on any atom is -0.497 e. The van der Waals surface area contributed by atoms with E-state index in [2.05, 4.69) is 10.3 Å². The van der Waals surface area contributed by atoms with Gasteiger partial charge >= 0.3 is 0 Å². The van der Waals surface area contributed by atoms with E-state index in [0.717, 1.165) is 28.6 Å². The number of carbonyl (C=O) groups excluding carboxylic acids is 1. The van der Waals surface area contributed by atoms with Crippen molar-refractivity contribution in [3.8, 4) is 5.75 Å². The van der Waals surface area contributed by atoms with E-state index in [1.54, 1.807) is 13.3 Å². The van der Waals surface area contributed by atoms with Gasteiger partial charge in [0.2, 0.25) is 0 Å². The highest BCUT2D eigenvalue weighted by atomic mass is 35.5. The molecule has 2 aromatic carbocycles. The number of ether oxygens (including phenoxy) is 1. The summed E-state index contributed by atoms with van der Waals surface area (Å²) in [7, 11) is 1.61. The molecular formula is C18H17ClN2O2. The molecule has 0 spiro atoms. The van der Waals surface area contributed by atoms with Gasteiger partial charge in [-0.3, -0.25) is 4.79 Å². The SMILES string of the molecule is COc1ccc2[nH]cc(C(=O)NCCc3ccc(Cl)cc3)c2c1. The number of aromatic amines is 1. The number of hydrogen-bond acceptors (Lipinski definition) is 2. The van der Waals surface area contributed by atoms with Gasteiger partial charge < -0.3 is 15.0 Å². The van der Waals surface area contributed by atoms with E-state index < -0.39 is 0 Å². The van der Waals surface area contributed by atoms with Crippen LogP contribution in [-0.2, 0) is 6.42 Å². The monoisotopic (exact) mass is 328 g/mol.